The van der Waals surface area contributed by atoms with Crippen LogP contribution in [0.1, 0.15) is 17.3 Å². The van der Waals surface area contributed by atoms with Crippen LogP contribution in [0, 0.1) is 0 Å². The summed E-state index contributed by atoms with van der Waals surface area (Å²) in [4.78, 5) is 13.4. The summed E-state index contributed by atoms with van der Waals surface area (Å²) in [7, 11) is 1.73. The van der Waals surface area contributed by atoms with Crippen molar-refractivity contribution >= 4 is 21.8 Å². The Bertz CT molecular complexity index is 357. The smallest absolute Gasteiger partial charge is 0.258 e. The van der Waals surface area contributed by atoms with Crippen molar-refractivity contribution < 1.29 is 9.21 Å². The van der Waals surface area contributed by atoms with Crippen LogP contribution in [0.5, 0.6) is 0 Å². The fourth-order valence-electron chi connectivity index (χ4n) is 1.13. The van der Waals surface area contributed by atoms with E-state index in [0.29, 0.717) is 16.8 Å². The summed E-state index contributed by atoms with van der Waals surface area (Å²) in [5.74, 6) is -0.0753. The molecule has 0 aliphatic rings. The second-order valence-electron chi connectivity index (χ2n) is 3.23. The number of furan rings is 1. The minimum Gasteiger partial charge on any atom is -0.457 e. The number of amides is 1. The van der Waals surface area contributed by atoms with Crippen molar-refractivity contribution in [3.8, 4) is 0 Å². The molecule has 1 amide bonds. The summed E-state index contributed by atoms with van der Waals surface area (Å²) < 4.78 is 5.46. The summed E-state index contributed by atoms with van der Waals surface area (Å²) >= 11 is 3.16. The fourth-order valence-corrected chi connectivity index (χ4v) is 1.54. The third-order valence-corrected chi connectivity index (χ3v) is 2.32. The highest BCUT2D eigenvalue weighted by molar-refractivity contribution is 9.10. The molecule has 0 unspecified atom stereocenters. The largest absolute Gasteiger partial charge is 0.457 e. The first-order chi connectivity index (χ1) is 6.52. The fraction of sp³-hybridized carbons (Fsp3) is 0.300. The van der Waals surface area contributed by atoms with Crippen LogP contribution >= 0.6 is 15.9 Å². The van der Waals surface area contributed by atoms with Crippen molar-refractivity contribution in [1.82, 2.24) is 4.90 Å². The third-order valence-electron chi connectivity index (χ3n) is 1.70. The molecule has 0 N–H and O–H groups in total. The number of nitrogens with zero attached hydrogens (tertiary/aromatic N) is 1. The molecule has 0 atom stereocenters. The zero-order chi connectivity index (χ0) is 10.7. The number of carbonyl (C=O) groups is 1. The van der Waals surface area contributed by atoms with Crippen LogP contribution in [0.3, 0.4) is 0 Å². The minimum absolute atomic E-state index is 0.0753. The highest BCUT2D eigenvalue weighted by Gasteiger charge is 2.16. The maximum Gasteiger partial charge on any atom is 0.258 e. The zero-order valence-electron chi connectivity index (χ0n) is 8.21. The van der Waals surface area contributed by atoms with Crippen molar-refractivity contribution in [1.29, 1.82) is 0 Å². The number of hydrogen-bond acceptors (Lipinski definition) is 2. The van der Waals surface area contributed by atoms with E-state index in [9.17, 15) is 4.79 Å². The number of halogens is 1. The SMILES string of the molecule is C=C(C)CN(C)C(=O)c1ccoc1Br. The molecule has 1 heterocycles. The molecule has 14 heavy (non-hydrogen) atoms. The minimum atomic E-state index is -0.0753. The van der Waals surface area contributed by atoms with E-state index in [4.69, 9.17) is 4.42 Å². The van der Waals surface area contributed by atoms with Gasteiger partial charge in [-0.2, -0.15) is 0 Å². The van der Waals surface area contributed by atoms with E-state index in [-0.39, 0.29) is 5.91 Å². The Morgan fingerprint density at radius 2 is 2.36 bits per heavy atom. The molecule has 0 aliphatic heterocycles. The Labute approximate surface area is 91.5 Å². The molecule has 0 radical (unpaired) electrons. The molecule has 0 aromatic carbocycles. The maximum atomic E-state index is 11.8. The Kier molecular flexibility index (Phi) is 3.52. The highest BCUT2D eigenvalue weighted by Crippen LogP contribution is 2.19. The first-order valence-electron chi connectivity index (χ1n) is 4.15. The molecule has 1 aromatic heterocycles. The summed E-state index contributed by atoms with van der Waals surface area (Å²) in [5, 5.41) is 0. The molecule has 76 valence electrons. The van der Waals surface area contributed by atoms with Gasteiger partial charge in [-0.15, -0.1) is 0 Å². The topological polar surface area (TPSA) is 33.5 Å². The van der Waals surface area contributed by atoms with Gasteiger partial charge in [-0.1, -0.05) is 12.2 Å². The highest BCUT2D eigenvalue weighted by atomic mass is 79.9. The van der Waals surface area contributed by atoms with Crippen LogP contribution in [0.2, 0.25) is 0 Å². The molecule has 0 saturated heterocycles. The first kappa shape index (κ1) is 11.0. The van der Waals surface area contributed by atoms with E-state index in [1.807, 2.05) is 6.92 Å². The van der Waals surface area contributed by atoms with Crippen LogP contribution in [0.4, 0.5) is 0 Å². The first-order valence-corrected chi connectivity index (χ1v) is 4.94. The van der Waals surface area contributed by atoms with E-state index in [2.05, 4.69) is 22.5 Å². The maximum absolute atomic E-state index is 11.8. The van der Waals surface area contributed by atoms with E-state index in [1.54, 1.807) is 18.0 Å². The Balaban J connectivity index is 2.76. The third kappa shape index (κ3) is 2.48. The molecule has 3 nitrogen and oxygen atoms in total. The van der Waals surface area contributed by atoms with Gasteiger partial charge in [0.25, 0.3) is 5.91 Å². The quantitative estimate of drug-likeness (QED) is 0.781. The molecule has 0 aliphatic carbocycles. The van der Waals surface area contributed by atoms with Gasteiger partial charge in [-0.25, -0.2) is 0 Å². The lowest BCUT2D eigenvalue weighted by Crippen LogP contribution is -2.27. The van der Waals surface area contributed by atoms with Crippen molar-refractivity contribution in [2.45, 2.75) is 6.92 Å². The van der Waals surface area contributed by atoms with Crippen molar-refractivity contribution in [3.63, 3.8) is 0 Å². The van der Waals surface area contributed by atoms with Gasteiger partial charge < -0.3 is 9.32 Å². The molecule has 0 bridgehead atoms. The molecule has 1 rings (SSSR count). The average molecular weight is 258 g/mol. The second kappa shape index (κ2) is 4.46. The van der Waals surface area contributed by atoms with Crippen molar-refractivity contribution in [2.24, 2.45) is 0 Å². The van der Waals surface area contributed by atoms with E-state index in [1.165, 1.54) is 6.26 Å². The van der Waals surface area contributed by atoms with Gasteiger partial charge in [-0.3, -0.25) is 4.79 Å². The van der Waals surface area contributed by atoms with Gasteiger partial charge >= 0.3 is 0 Å². The molecule has 0 fully saturated rings. The molecule has 0 spiro atoms. The summed E-state index contributed by atoms with van der Waals surface area (Å²) in [6.45, 7) is 6.19. The van der Waals surface area contributed by atoms with Gasteiger partial charge in [0.05, 0.1) is 11.8 Å². The van der Waals surface area contributed by atoms with Crippen LogP contribution in [-0.2, 0) is 0 Å². The summed E-state index contributed by atoms with van der Waals surface area (Å²) in [6.07, 6.45) is 1.48. The lowest BCUT2D eigenvalue weighted by atomic mass is 10.2. The second-order valence-corrected chi connectivity index (χ2v) is 3.95. The molecular weight excluding hydrogens is 246 g/mol. The van der Waals surface area contributed by atoms with Crippen molar-refractivity contribution in [2.75, 3.05) is 13.6 Å². The summed E-state index contributed by atoms with van der Waals surface area (Å²) in [5.41, 5.74) is 1.48. The lowest BCUT2D eigenvalue weighted by Gasteiger charge is -2.16. The monoisotopic (exact) mass is 257 g/mol. The van der Waals surface area contributed by atoms with Gasteiger partial charge in [-0.05, 0) is 28.9 Å². The van der Waals surface area contributed by atoms with Gasteiger partial charge in [0.2, 0.25) is 0 Å². The van der Waals surface area contributed by atoms with E-state index in [0.717, 1.165) is 5.57 Å². The Morgan fingerprint density at radius 3 is 2.79 bits per heavy atom. The molecule has 0 saturated carbocycles. The van der Waals surface area contributed by atoms with Crippen LogP contribution < -0.4 is 0 Å². The van der Waals surface area contributed by atoms with Gasteiger partial charge in [0, 0.05) is 13.6 Å². The molecular formula is C10H12BrNO2. The Hall–Kier alpha value is -1.03. The number of hydrogen-bond donors (Lipinski definition) is 0. The van der Waals surface area contributed by atoms with E-state index >= 15 is 0 Å². The van der Waals surface area contributed by atoms with E-state index < -0.39 is 0 Å². The zero-order valence-corrected chi connectivity index (χ0v) is 9.80. The van der Waals surface area contributed by atoms with Gasteiger partial charge in [0.15, 0.2) is 4.67 Å². The normalized spacial score (nSPS) is 9.93. The standard InChI is InChI=1S/C10H12BrNO2/c1-7(2)6-12(3)10(13)8-4-5-14-9(8)11/h4-5H,1,6H2,2-3H3. The summed E-state index contributed by atoms with van der Waals surface area (Å²) in [6, 6.07) is 1.64. The number of rotatable bonds is 3. The van der Waals surface area contributed by atoms with Gasteiger partial charge in [0.1, 0.15) is 0 Å². The van der Waals surface area contributed by atoms with Crippen LogP contribution in [-0.4, -0.2) is 24.4 Å². The van der Waals surface area contributed by atoms with Crippen molar-refractivity contribution in [3.05, 3.63) is 34.7 Å². The predicted molar refractivity (Wildman–Crippen MR) is 58.2 cm³/mol. The molecule has 4 heteroatoms. The lowest BCUT2D eigenvalue weighted by molar-refractivity contribution is 0.0805. The predicted octanol–water partition coefficient (Wildman–Crippen LogP) is 2.69. The average Bonchev–Trinajstić information content (AvgIpc) is 2.48. The molecule has 1 aromatic rings. The number of likely N-dealkylation sites (N-methyl/N-ethyl adjacent to an activating group) is 1. The Morgan fingerprint density at radius 1 is 1.71 bits per heavy atom. The number of carbonyl (C=O) groups excluding carboxylic acids is 1. The van der Waals surface area contributed by atoms with Crippen LogP contribution in [0.25, 0.3) is 0 Å². The van der Waals surface area contributed by atoms with Crippen LogP contribution in [0.15, 0.2) is 33.6 Å².